The van der Waals surface area contributed by atoms with E-state index >= 15 is 0 Å². The Kier molecular flexibility index (Phi) is 5.26. The highest BCUT2D eigenvalue weighted by Gasteiger charge is 2.28. The number of hydrogen-bond acceptors (Lipinski definition) is 2. The van der Waals surface area contributed by atoms with Crippen LogP contribution in [0.2, 0.25) is 0 Å². The summed E-state index contributed by atoms with van der Waals surface area (Å²) in [5, 5.41) is 9.83. The smallest absolute Gasteiger partial charge is 0.246 e. The fourth-order valence-corrected chi connectivity index (χ4v) is 2.07. The van der Waals surface area contributed by atoms with E-state index in [2.05, 4.69) is 0 Å². The maximum atomic E-state index is 11.8. The largest absolute Gasteiger partial charge is 0.391 e. The molecule has 1 amide bonds. The normalized spacial score (nSPS) is 26.4. The maximum absolute atomic E-state index is 11.8. The summed E-state index contributed by atoms with van der Waals surface area (Å²) in [6.45, 7) is 1.91. The van der Waals surface area contributed by atoms with Crippen molar-refractivity contribution >= 4 is 5.91 Å². The van der Waals surface area contributed by atoms with Gasteiger partial charge in [-0.3, -0.25) is 4.79 Å². The summed E-state index contributed by atoms with van der Waals surface area (Å²) in [4.78, 5) is 13.4. The minimum atomic E-state index is -0.363. The van der Waals surface area contributed by atoms with E-state index in [-0.39, 0.29) is 18.1 Å². The summed E-state index contributed by atoms with van der Waals surface area (Å²) >= 11 is 0. The number of carbonyl (C=O) groups is 1. The van der Waals surface area contributed by atoms with Crippen molar-refractivity contribution < 1.29 is 9.90 Å². The third-order valence-electron chi connectivity index (χ3n) is 3.08. The first-order valence-electron chi connectivity index (χ1n) is 5.91. The Balaban J connectivity index is 2.54. The van der Waals surface area contributed by atoms with E-state index in [1.165, 1.54) is 0 Å². The number of amides is 1. The number of rotatable bonds is 3. The lowest BCUT2D eigenvalue weighted by atomic mass is 9.91. The Labute approximate surface area is 97.4 Å². The number of aliphatic hydroxyl groups excluding tert-OH is 1. The van der Waals surface area contributed by atoms with Crippen molar-refractivity contribution in [3.8, 4) is 0 Å². The molecule has 1 aliphatic carbocycles. The van der Waals surface area contributed by atoms with Gasteiger partial charge in [0.25, 0.3) is 0 Å². The molecule has 0 saturated heterocycles. The molecular weight excluding hydrogens is 202 g/mol. The number of allylic oxidation sites excluding steroid dienone is 3. The van der Waals surface area contributed by atoms with Crippen molar-refractivity contribution in [2.75, 3.05) is 7.05 Å². The van der Waals surface area contributed by atoms with Crippen LogP contribution in [0.1, 0.15) is 32.6 Å². The Morgan fingerprint density at radius 3 is 2.62 bits per heavy atom. The fourth-order valence-electron chi connectivity index (χ4n) is 2.07. The summed E-state index contributed by atoms with van der Waals surface area (Å²) in [6, 6.07) is -0.0171. The molecule has 1 aliphatic rings. The van der Waals surface area contributed by atoms with Gasteiger partial charge in [-0.05, 0) is 19.8 Å². The van der Waals surface area contributed by atoms with E-state index < -0.39 is 0 Å². The highest BCUT2D eigenvalue weighted by molar-refractivity contribution is 5.87. The monoisotopic (exact) mass is 223 g/mol. The summed E-state index contributed by atoms with van der Waals surface area (Å²) < 4.78 is 0. The molecule has 0 aliphatic heterocycles. The SMILES string of the molecule is CC=CC=CC(=O)N(C)C1CCCCC1O. The van der Waals surface area contributed by atoms with E-state index in [0.29, 0.717) is 0 Å². The third-order valence-corrected chi connectivity index (χ3v) is 3.08. The zero-order valence-electron chi connectivity index (χ0n) is 10.1. The van der Waals surface area contributed by atoms with Gasteiger partial charge in [-0.15, -0.1) is 0 Å². The van der Waals surface area contributed by atoms with Gasteiger partial charge in [0.15, 0.2) is 0 Å². The molecule has 0 bridgehead atoms. The summed E-state index contributed by atoms with van der Waals surface area (Å²) in [5.41, 5.74) is 0. The number of aliphatic hydroxyl groups is 1. The standard InChI is InChI=1S/C13H21NO2/c1-3-4-5-10-13(16)14(2)11-8-6-7-9-12(11)15/h3-5,10-12,15H,6-9H2,1-2H3. The summed E-state index contributed by atoms with van der Waals surface area (Å²) in [7, 11) is 1.77. The van der Waals surface area contributed by atoms with Crippen molar-refractivity contribution in [3.63, 3.8) is 0 Å². The average molecular weight is 223 g/mol. The van der Waals surface area contributed by atoms with Gasteiger partial charge in [0.2, 0.25) is 5.91 Å². The lowest BCUT2D eigenvalue weighted by Gasteiger charge is -2.34. The van der Waals surface area contributed by atoms with Crippen molar-refractivity contribution in [3.05, 3.63) is 24.3 Å². The molecule has 3 heteroatoms. The van der Waals surface area contributed by atoms with Crippen LogP contribution in [-0.4, -0.2) is 35.1 Å². The van der Waals surface area contributed by atoms with Gasteiger partial charge in [-0.2, -0.15) is 0 Å². The molecule has 1 fully saturated rings. The van der Waals surface area contributed by atoms with Crippen molar-refractivity contribution in [1.82, 2.24) is 4.90 Å². The lowest BCUT2D eigenvalue weighted by molar-refractivity contribution is -0.130. The molecule has 0 aromatic rings. The molecule has 0 spiro atoms. The second-order valence-electron chi connectivity index (χ2n) is 4.25. The molecule has 1 rings (SSSR count). The van der Waals surface area contributed by atoms with Crippen LogP contribution in [0.25, 0.3) is 0 Å². The summed E-state index contributed by atoms with van der Waals surface area (Å²) in [5.74, 6) is -0.0379. The molecule has 3 nitrogen and oxygen atoms in total. The average Bonchev–Trinajstić information content (AvgIpc) is 2.29. The molecule has 0 radical (unpaired) electrons. The van der Waals surface area contributed by atoms with Crippen LogP contribution in [0.3, 0.4) is 0 Å². The predicted octanol–water partition coefficient (Wildman–Crippen LogP) is 1.88. The number of carbonyl (C=O) groups excluding carboxylic acids is 1. The fraction of sp³-hybridized carbons (Fsp3) is 0.615. The van der Waals surface area contributed by atoms with Crippen molar-refractivity contribution in [2.24, 2.45) is 0 Å². The molecule has 1 N–H and O–H groups in total. The van der Waals surface area contributed by atoms with Gasteiger partial charge in [-0.1, -0.05) is 31.1 Å². The number of likely N-dealkylation sites (N-methyl/N-ethyl adjacent to an activating group) is 1. The molecule has 90 valence electrons. The van der Waals surface area contributed by atoms with Gasteiger partial charge in [-0.25, -0.2) is 0 Å². The molecule has 1 saturated carbocycles. The van der Waals surface area contributed by atoms with Crippen molar-refractivity contribution in [2.45, 2.75) is 44.8 Å². The van der Waals surface area contributed by atoms with E-state index in [1.807, 2.05) is 19.1 Å². The number of nitrogens with zero attached hydrogens (tertiary/aromatic N) is 1. The topological polar surface area (TPSA) is 40.5 Å². The Bertz CT molecular complexity index is 284. The molecule has 0 aromatic heterocycles. The zero-order valence-corrected chi connectivity index (χ0v) is 10.1. The van der Waals surface area contributed by atoms with Crippen LogP contribution in [0, 0.1) is 0 Å². The lowest BCUT2D eigenvalue weighted by Crippen LogP contribution is -2.45. The molecule has 0 heterocycles. The molecule has 2 unspecified atom stereocenters. The van der Waals surface area contributed by atoms with Crippen molar-refractivity contribution in [1.29, 1.82) is 0 Å². The van der Waals surface area contributed by atoms with Gasteiger partial charge < -0.3 is 10.0 Å². The van der Waals surface area contributed by atoms with E-state index in [1.54, 1.807) is 24.1 Å². The van der Waals surface area contributed by atoms with E-state index in [9.17, 15) is 9.90 Å². The number of hydrogen-bond donors (Lipinski definition) is 1. The van der Waals surface area contributed by atoms with Gasteiger partial charge in [0, 0.05) is 13.1 Å². The van der Waals surface area contributed by atoms with Crippen LogP contribution in [0.4, 0.5) is 0 Å². The Morgan fingerprint density at radius 2 is 2.00 bits per heavy atom. The van der Waals surface area contributed by atoms with Crippen LogP contribution in [-0.2, 0) is 4.79 Å². The Morgan fingerprint density at radius 1 is 1.31 bits per heavy atom. The molecule has 2 atom stereocenters. The van der Waals surface area contributed by atoms with Crippen LogP contribution in [0.5, 0.6) is 0 Å². The van der Waals surface area contributed by atoms with Gasteiger partial charge in [0.1, 0.15) is 0 Å². The zero-order chi connectivity index (χ0) is 12.0. The first-order valence-corrected chi connectivity index (χ1v) is 5.91. The maximum Gasteiger partial charge on any atom is 0.246 e. The molecule has 0 aromatic carbocycles. The van der Waals surface area contributed by atoms with Crippen LogP contribution in [0.15, 0.2) is 24.3 Å². The highest BCUT2D eigenvalue weighted by Crippen LogP contribution is 2.22. The van der Waals surface area contributed by atoms with Crippen LogP contribution >= 0.6 is 0 Å². The first-order chi connectivity index (χ1) is 7.66. The first kappa shape index (κ1) is 13.0. The molecular formula is C13H21NO2. The predicted molar refractivity (Wildman–Crippen MR) is 65.0 cm³/mol. The van der Waals surface area contributed by atoms with Gasteiger partial charge >= 0.3 is 0 Å². The third kappa shape index (κ3) is 3.49. The second-order valence-corrected chi connectivity index (χ2v) is 4.25. The Hall–Kier alpha value is -1.09. The van der Waals surface area contributed by atoms with E-state index in [4.69, 9.17) is 0 Å². The quantitative estimate of drug-likeness (QED) is 0.586. The van der Waals surface area contributed by atoms with Gasteiger partial charge in [0.05, 0.1) is 12.1 Å². The minimum absolute atomic E-state index is 0.0171. The summed E-state index contributed by atoms with van der Waals surface area (Å²) in [6.07, 6.45) is 10.5. The highest BCUT2D eigenvalue weighted by atomic mass is 16.3. The second kappa shape index (κ2) is 6.48. The molecule has 16 heavy (non-hydrogen) atoms. The minimum Gasteiger partial charge on any atom is -0.391 e. The van der Waals surface area contributed by atoms with E-state index in [0.717, 1.165) is 25.7 Å². The van der Waals surface area contributed by atoms with Crippen LogP contribution < -0.4 is 0 Å².